The maximum absolute atomic E-state index is 17.6. The molecule has 0 aromatic heterocycles. The molecule has 0 fully saturated rings. The number of hydrogen-bond donors (Lipinski definition) is 0. The van der Waals surface area contributed by atoms with Crippen molar-refractivity contribution in [3.63, 3.8) is 0 Å². The Balaban J connectivity index is 1.95. The Kier molecular flexibility index (Phi) is 16.8. The van der Waals surface area contributed by atoms with E-state index in [1.807, 2.05) is 0 Å². The summed E-state index contributed by atoms with van der Waals surface area (Å²) in [6, 6.07) is 5.46. The first-order valence-corrected chi connectivity index (χ1v) is 26.6. The summed E-state index contributed by atoms with van der Waals surface area (Å²) in [7, 11) is -6.27. The second-order valence-electron chi connectivity index (χ2n) is 22.0. The highest BCUT2D eigenvalue weighted by Crippen LogP contribution is 2.54. The lowest BCUT2D eigenvalue weighted by Crippen LogP contribution is -2.69. The number of aryl methyl sites for hydroxylation is 6. The van der Waals surface area contributed by atoms with Gasteiger partial charge in [-0.05, 0) is 79.8 Å². The molecule has 0 bridgehead atoms. The van der Waals surface area contributed by atoms with Crippen LogP contribution in [0.1, 0.15) is 74.9 Å². The van der Waals surface area contributed by atoms with Gasteiger partial charge in [-0.2, -0.15) is 0 Å². The van der Waals surface area contributed by atoms with Gasteiger partial charge in [-0.1, -0.05) is 111 Å². The number of allylic oxidation sites excluding steroid dienone is 2. The second-order valence-corrected chi connectivity index (χ2v) is 25.5. The molecule has 2 unspecified atom stereocenters. The average molecular weight is 1200 g/mol. The van der Waals surface area contributed by atoms with E-state index in [1.54, 1.807) is 6.92 Å². The molecule has 0 N–H and O–H groups in total. The predicted molar refractivity (Wildman–Crippen MR) is 274 cm³/mol. The molecule has 2 nitrogen and oxygen atoms in total. The van der Waals surface area contributed by atoms with E-state index in [9.17, 15) is 0 Å². The fraction of sp³-hybridized carbons (Fsp3) is 0.255. The molecule has 7 rings (SSSR count). The summed E-state index contributed by atoms with van der Waals surface area (Å²) in [5.41, 5.74) is -14.8. The van der Waals surface area contributed by atoms with Crippen LogP contribution in [-0.4, -0.2) is 18.4 Å². The first kappa shape index (κ1) is 62.6. The molecule has 432 valence electrons. The molecule has 0 aliphatic carbocycles. The highest BCUT2D eigenvalue weighted by Gasteiger charge is 2.61. The fourth-order valence-electron chi connectivity index (χ4n) is 10.7. The lowest BCUT2D eigenvalue weighted by Gasteiger charge is -2.44. The van der Waals surface area contributed by atoms with Gasteiger partial charge in [-0.15, -0.1) is 0 Å². The van der Waals surface area contributed by atoms with Crippen molar-refractivity contribution in [3.05, 3.63) is 197 Å². The smallest absolute Gasteiger partial charge is 0.287 e. The van der Waals surface area contributed by atoms with Gasteiger partial charge in [0, 0.05) is 13.8 Å². The zero-order valence-corrected chi connectivity index (χ0v) is 46.6. The summed E-state index contributed by atoms with van der Waals surface area (Å²) in [5, 5.41) is -2.88. The zero-order valence-electron chi connectivity index (χ0n) is 44.5. The van der Waals surface area contributed by atoms with Crippen molar-refractivity contribution >= 4 is 66.9 Å². The normalized spacial score (nSPS) is 15.5. The van der Waals surface area contributed by atoms with Gasteiger partial charge in [0.05, 0.1) is 5.30 Å². The van der Waals surface area contributed by atoms with E-state index >= 15 is 87.8 Å². The summed E-state index contributed by atoms with van der Waals surface area (Å²) in [5.74, 6) is -60.8. The van der Waals surface area contributed by atoms with Crippen molar-refractivity contribution in [2.45, 2.75) is 83.1 Å². The number of rotatable bonds is 10. The summed E-state index contributed by atoms with van der Waals surface area (Å²) >= 11 is 0. The van der Waals surface area contributed by atoms with Crippen LogP contribution < -0.4 is 32.5 Å². The third-order valence-corrected chi connectivity index (χ3v) is 18.5. The first-order chi connectivity index (χ1) is 37.2. The predicted octanol–water partition coefficient (Wildman–Crippen LogP) is 13.8. The molecule has 6 aromatic carbocycles. The Morgan fingerprint density at radius 3 is 1.05 bits per heavy atom. The van der Waals surface area contributed by atoms with E-state index in [0.717, 1.165) is 6.08 Å². The molecule has 2 atom stereocenters. The largest absolute Gasteiger partial charge is 0.493 e. The van der Waals surface area contributed by atoms with Crippen LogP contribution in [0.2, 0.25) is 0 Å². The molecule has 1 heterocycles. The Hall–Kier alpha value is -5.95. The van der Waals surface area contributed by atoms with Crippen LogP contribution in [0, 0.1) is 169 Å². The molecule has 0 amide bonds. The number of halogens is 20. The molecule has 0 saturated carbocycles. The summed E-state index contributed by atoms with van der Waals surface area (Å²) in [6.07, 6.45) is -10.3. The van der Waals surface area contributed by atoms with Crippen LogP contribution in [-0.2, 0) is 9.31 Å². The molecule has 81 heavy (non-hydrogen) atoms. The minimum Gasteiger partial charge on any atom is -0.493 e. The lowest BCUT2D eigenvalue weighted by molar-refractivity contribution is 0.367. The van der Waals surface area contributed by atoms with Crippen molar-refractivity contribution < 1.29 is 97.1 Å². The zero-order chi connectivity index (χ0) is 61.1. The van der Waals surface area contributed by atoms with Gasteiger partial charge in [0.1, 0.15) is 46.5 Å². The number of hydrogen-bond acceptors (Lipinski definition) is 2. The third-order valence-electron chi connectivity index (χ3n) is 13.6. The monoisotopic (exact) mass is 1200 g/mol. The molecule has 0 saturated heterocycles. The first-order valence-electron chi connectivity index (χ1n) is 24.1. The van der Waals surface area contributed by atoms with Gasteiger partial charge in [0.25, 0.3) is 18.4 Å². The molecule has 1 aliphatic heterocycles. The van der Waals surface area contributed by atoms with Gasteiger partial charge in [-0.3, -0.25) is 0 Å². The summed E-state index contributed by atoms with van der Waals surface area (Å²) in [4.78, 5) is 0. The van der Waals surface area contributed by atoms with E-state index in [4.69, 9.17) is 9.31 Å². The minimum atomic E-state index is -5.98. The molecular weight excluding hydrogens is 1160 g/mol. The second kappa shape index (κ2) is 21.7. The molecule has 0 spiro atoms. The van der Waals surface area contributed by atoms with Crippen LogP contribution in [0.5, 0.6) is 0 Å². The van der Waals surface area contributed by atoms with Gasteiger partial charge in [0.15, 0.2) is 82.7 Å². The van der Waals surface area contributed by atoms with Gasteiger partial charge in [0.2, 0.25) is 0 Å². The Bertz CT molecular complexity index is 3510. The van der Waals surface area contributed by atoms with E-state index in [1.165, 1.54) is 100 Å². The highest BCUT2D eigenvalue weighted by molar-refractivity contribution is 7.75. The van der Waals surface area contributed by atoms with E-state index < -0.39 is 199 Å². The Labute approximate surface area is 453 Å². The maximum atomic E-state index is 17.6. The Morgan fingerprint density at radius 1 is 0.444 bits per heavy atom. The van der Waals surface area contributed by atoms with Crippen molar-refractivity contribution in [2.75, 3.05) is 0 Å². The SMILES string of the molecule is Cc1cc(C)c([PH2+]/C(=C\C(C)(C)C)[B-](OC2=[P+](c3c(C)cc(C)cc3C)/C(=C\C(C)(C)C)[B-](c3c(F)c(F)c(F)c(F)c3F)(c3c(F)c(F)c(F)c(F)c3F)O2)(c2c(F)c(F)c(F)c(F)c2F)c2c(F)c(F)c(F)c(F)c2F)c(C)c1. The van der Waals surface area contributed by atoms with Crippen molar-refractivity contribution in [2.24, 2.45) is 10.8 Å². The van der Waals surface area contributed by atoms with Crippen LogP contribution >= 0.6 is 16.1 Å². The van der Waals surface area contributed by atoms with Crippen molar-refractivity contribution in [1.82, 2.24) is 0 Å². The summed E-state index contributed by atoms with van der Waals surface area (Å²) < 4.78 is 342. The van der Waals surface area contributed by atoms with E-state index in [-0.39, 0.29) is 27.6 Å². The standard InChI is InChI=1S/C55H43B2F20O2P2/c1-19-13-21(3)51(22(4)14-19)80-25(17-54(7,8)9)56(27-31(58)39(66)47(74)40(67)32(27)59,28-33(60)41(68)48(75)42(69)34(28)61)78-53-79-57(29-35(62)43(70)49(76)44(71)36(29)63,30-37(64)45(72)50(77)46(73)38(30)65)26(18-55(10,11)12)81(53)52-23(5)15-20(2)16-24(52)6/h13-18,80H,1-12H3/q-1/p+1/b25-17-,26-18-. The van der Waals surface area contributed by atoms with Gasteiger partial charge < -0.3 is 9.31 Å². The third kappa shape index (κ3) is 10.2. The van der Waals surface area contributed by atoms with Gasteiger partial charge in [-0.25, -0.2) is 87.8 Å². The van der Waals surface area contributed by atoms with Gasteiger partial charge >= 0.3 is 0 Å². The molecule has 26 heteroatoms. The van der Waals surface area contributed by atoms with Crippen molar-refractivity contribution in [1.29, 1.82) is 0 Å². The van der Waals surface area contributed by atoms with Crippen LogP contribution in [0.15, 0.2) is 46.8 Å². The van der Waals surface area contributed by atoms with Crippen molar-refractivity contribution in [3.8, 4) is 0 Å². The van der Waals surface area contributed by atoms with Crippen LogP contribution in [0.25, 0.3) is 0 Å². The summed E-state index contributed by atoms with van der Waals surface area (Å²) in [6.45, 7) is 15.5. The molecule has 0 radical (unpaired) electrons. The minimum absolute atomic E-state index is 0.00165. The Morgan fingerprint density at radius 2 is 0.741 bits per heavy atom. The van der Waals surface area contributed by atoms with E-state index in [0.29, 0.717) is 17.2 Å². The maximum Gasteiger partial charge on any atom is 0.287 e. The quantitative estimate of drug-likeness (QED) is 0.0447. The average Bonchev–Trinajstić information content (AvgIpc) is 3.78. The lowest BCUT2D eigenvalue weighted by atomic mass is 9.30. The fourth-order valence-corrected chi connectivity index (χ4v) is 16.0. The molecule has 1 aliphatic rings. The van der Waals surface area contributed by atoms with Crippen LogP contribution in [0.3, 0.4) is 0 Å². The topological polar surface area (TPSA) is 18.5 Å². The highest BCUT2D eigenvalue weighted by atomic mass is 31.1. The molecule has 6 aromatic rings. The van der Waals surface area contributed by atoms with E-state index in [2.05, 4.69) is 0 Å². The molecular formula is C55H44B2F20O2P2. The van der Waals surface area contributed by atoms with Crippen LogP contribution in [0.4, 0.5) is 87.8 Å². The number of benzene rings is 6.